The second-order valence-electron chi connectivity index (χ2n) is 6.93. The number of hydrogen-bond acceptors (Lipinski definition) is 3. The van der Waals surface area contributed by atoms with E-state index in [-0.39, 0.29) is 17.6 Å². The summed E-state index contributed by atoms with van der Waals surface area (Å²) in [4.78, 5) is 40.2. The van der Waals surface area contributed by atoms with Crippen LogP contribution in [0.15, 0.2) is 48.5 Å². The topological polar surface area (TPSA) is 91.1 Å². The van der Waals surface area contributed by atoms with Crippen molar-refractivity contribution < 1.29 is 14.4 Å². The normalized spacial score (nSPS) is 10.5. The van der Waals surface area contributed by atoms with Crippen LogP contribution >= 0.6 is 0 Å². The minimum absolute atomic E-state index is 0.0916. The van der Waals surface area contributed by atoms with Crippen molar-refractivity contribution >= 4 is 29.0 Å². The number of H-pyrrole nitrogens is 1. The molecule has 0 atom stereocenters. The number of carbonyl (C=O) groups excluding carboxylic acids is 3. The van der Waals surface area contributed by atoms with Gasteiger partial charge in [-0.2, -0.15) is 0 Å². The first kappa shape index (κ1) is 20.1. The third-order valence-electron chi connectivity index (χ3n) is 4.87. The monoisotopic (exact) mass is 389 g/mol. The lowest BCUT2D eigenvalue weighted by molar-refractivity contribution is 0.101. The van der Waals surface area contributed by atoms with Gasteiger partial charge >= 0.3 is 0 Å². The maximum atomic E-state index is 12.8. The smallest absolute Gasteiger partial charge is 0.272 e. The summed E-state index contributed by atoms with van der Waals surface area (Å²) >= 11 is 0. The van der Waals surface area contributed by atoms with Crippen LogP contribution in [0.3, 0.4) is 0 Å². The number of aromatic nitrogens is 1. The van der Waals surface area contributed by atoms with Crippen molar-refractivity contribution in [3.8, 4) is 0 Å². The molecule has 0 saturated heterocycles. The number of carbonyl (C=O) groups is 3. The van der Waals surface area contributed by atoms with Gasteiger partial charge in [0.05, 0.1) is 0 Å². The van der Waals surface area contributed by atoms with Gasteiger partial charge in [-0.25, -0.2) is 0 Å². The van der Waals surface area contributed by atoms with Crippen molar-refractivity contribution in [1.29, 1.82) is 0 Å². The summed E-state index contributed by atoms with van der Waals surface area (Å²) in [6.45, 7) is 6.76. The van der Waals surface area contributed by atoms with Crippen LogP contribution in [0.5, 0.6) is 0 Å². The molecule has 2 amide bonds. The molecule has 1 heterocycles. The van der Waals surface area contributed by atoms with Crippen LogP contribution in [0, 0.1) is 20.8 Å². The predicted molar refractivity (Wildman–Crippen MR) is 114 cm³/mol. The predicted octanol–water partition coefficient (Wildman–Crippen LogP) is 4.65. The molecular formula is C23H23N3O3. The van der Waals surface area contributed by atoms with E-state index in [9.17, 15) is 14.4 Å². The van der Waals surface area contributed by atoms with Gasteiger partial charge in [0.1, 0.15) is 5.69 Å². The standard InChI is InChI=1S/C23H23N3O3/c1-13-18(22(28)25-17-9-6-5-7-10-17)11-8-12-19(13)26-23(29)21-14(2)20(16(4)27)15(3)24-21/h5-12,24H,1-4H3,(H,25,28)(H,26,29). The number of rotatable bonds is 5. The molecule has 0 radical (unpaired) electrons. The van der Waals surface area contributed by atoms with E-state index < -0.39 is 0 Å². The fourth-order valence-electron chi connectivity index (χ4n) is 3.43. The van der Waals surface area contributed by atoms with Crippen molar-refractivity contribution in [2.24, 2.45) is 0 Å². The third kappa shape index (κ3) is 4.11. The Bertz CT molecular complexity index is 1100. The Hall–Kier alpha value is -3.67. The summed E-state index contributed by atoms with van der Waals surface area (Å²) in [6, 6.07) is 14.3. The van der Waals surface area contributed by atoms with Crippen molar-refractivity contribution in [2.45, 2.75) is 27.7 Å². The lowest BCUT2D eigenvalue weighted by Crippen LogP contribution is -2.17. The summed E-state index contributed by atoms with van der Waals surface area (Å²) in [7, 11) is 0. The van der Waals surface area contributed by atoms with Gasteiger partial charge in [0.15, 0.2) is 5.78 Å². The number of Topliss-reactive ketones (excluding diaryl/α,β-unsaturated/α-hetero) is 1. The average Bonchev–Trinajstić information content (AvgIpc) is 2.98. The molecule has 3 N–H and O–H groups in total. The maximum Gasteiger partial charge on any atom is 0.272 e. The molecule has 0 unspecified atom stereocenters. The van der Waals surface area contributed by atoms with Gasteiger partial charge in [0, 0.05) is 28.2 Å². The van der Waals surface area contributed by atoms with Gasteiger partial charge in [0.25, 0.3) is 11.8 Å². The van der Waals surface area contributed by atoms with E-state index in [2.05, 4.69) is 15.6 Å². The number of aromatic amines is 1. The summed E-state index contributed by atoms with van der Waals surface area (Å²) in [5, 5.41) is 5.69. The van der Waals surface area contributed by atoms with E-state index in [1.165, 1.54) is 6.92 Å². The summed E-state index contributed by atoms with van der Waals surface area (Å²) in [5.41, 5.74) is 4.50. The average molecular weight is 389 g/mol. The molecule has 1 aromatic heterocycles. The molecule has 0 fully saturated rings. The van der Waals surface area contributed by atoms with Gasteiger partial charge < -0.3 is 15.6 Å². The van der Waals surface area contributed by atoms with E-state index in [4.69, 9.17) is 0 Å². The molecule has 0 bridgehead atoms. The van der Waals surface area contributed by atoms with Crippen LogP contribution in [-0.2, 0) is 0 Å². The second-order valence-corrected chi connectivity index (χ2v) is 6.93. The molecule has 0 saturated carbocycles. The van der Waals surface area contributed by atoms with Crippen molar-refractivity contribution in [2.75, 3.05) is 10.6 Å². The quantitative estimate of drug-likeness (QED) is 0.555. The zero-order valence-electron chi connectivity index (χ0n) is 16.8. The number of amides is 2. The number of anilines is 2. The highest BCUT2D eigenvalue weighted by molar-refractivity contribution is 6.10. The Morgan fingerprint density at radius 2 is 1.48 bits per heavy atom. The molecule has 29 heavy (non-hydrogen) atoms. The lowest BCUT2D eigenvalue weighted by atomic mass is 10.0. The Labute approximate surface area is 169 Å². The number of ketones is 1. The van der Waals surface area contributed by atoms with Crippen LogP contribution in [0.4, 0.5) is 11.4 Å². The largest absolute Gasteiger partial charge is 0.354 e. The van der Waals surface area contributed by atoms with Crippen molar-refractivity contribution in [3.05, 3.63) is 82.2 Å². The molecule has 0 aliphatic heterocycles. The Balaban J connectivity index is 1.85. The summed E-state index contributed by atoms with van der Waals surface area (Å²) in [5.74, 6) is -0.705. The third-order valence-corrected chi connectivity index (χ3v) is 4.87. The maximum absolute atomic E-state index is 12.8. The van der Waals surface area contributed by atoms with Gasteiger partial charge in [-0.05, 0) is 63.1 Å². The van der Waals surface area contributed by atoms with Gasteiger partial charge in [-0.1, -0.05) is 24.3 Å². The number of benzene rings is 2. The van der Waals surface area contributed by atoms with E-state index >= 15 is 0 Å². The Morgan fingerprint density at radius 3 is 2.10 bits per heavy atom. The van der Waals surface area contributed by atoms with Crippen LogP contribution in [0.25, 0.3) is 0 Å². The highest BCUT2D eigenvalue weighted by Gasteiger charge is 2.21. The highest BCUT2D eigenvalue weighted by atomic mass is 16.2. The van der Waals surface area contributed by atoms with E-state index in [1.807, 2.05) is 30.3 Å². The Morgan fingerprint density at radius 1 is 0.793 bits per heavy atom. The summed E-state index contributed by atoms with van der Waals surface area (Å²) in [6.07, 6.45) is 0. The van der Waals surface area contributed by atoms with Crippen molar-refractivity contribution in [3.63, 3.8) is 0 Å². The molecule has 3 aromatic rings. The van der Waals surface area contributed by atoms with E-state index in [1.54, 1.807) is 39.0 Å². The molecule has 6 heteroatoms. The fourth-order valence-corrected chi connectivity index (χ4v) is 3.43. The first-order valence-electron chi connectivity index (χ1n) is 9.27. The van der Waals surface area contributed by atoms with Crippen LogP contribution in [0.2, 0.25) is 0 Å². The molecular weight excluding hydrogens is 366 g/mol. The molecule has 148 valence electrons. The first-order chi connectivity index (χ1) is 13.8. The van der Waals surface area contributed by atoms with E-state index in [0.29, 0.717) is 45.0 Å². The molecule has 0 spiro atoms. The minimum atomic E-state index is -0.359. The molecule has 3 rings (SSSR count). The van der Waals surface area contributed by atoms with Crippen LogP contribution in [0.1, 0.15) is 54.9 Å². The first-order valence-corrected chi connectivity index (χ1v) is 9.27. The van der Waals surface area contributed by atoms with E-state index in [0.717, 1.165) is 0 Å². The van der Waals surface area contributed by atoms with Crippen LogP contribution < -0.4 is 10.6 Å². The zero-order valence-corrected chi connectivity index (χ0v) is 16.8. The van der Waals surface area contributed by atoms with Gasteiger partial charge in [-0.15, -0.1) is 0 Å². The zero-order chi connectivity index (χ0) is 21.1. The van der Waals surface area contributed by atoms with Crippen molar-refractivity contribution in [1.82, 2.24) is 4.98 Å². The number of hydrogen-bond donors (Lipinski definition) is 3. The number of nitrogens with one attached hydrogen (secondary N) is 3. The SMILES string of the molecule is CC(=O)c1c(C)[nH]c(C(=O)Nc2cccc(C(=O)Nc3ccccc3)c2C)c1C. The molecule has 2 aromatic carbocycles. The number of para-hydroxylation sites is 1. The van der Waals surface area contributed by atoms with Crippen LogP contribution in [-0.4, -0.2) is 22.6 Å². The second kappa shape index (κ2) is 8.14. The molecule has 6 nitrogen and oxygen atoms in total. The minimum Gasteiger partial charge on any atom is -0.354 e. The summed E-state index contributed by atoms with van der Waals surface area (Å²) < 4.78 is 0. The van der Waals surface area contributed by atoms with Gasteiger partial charge in [-0.3, -0.25) is 14.4 Å². The fraction of sp³-hybridized carbons (Fsp3) is 0.174. The highest BCUT2D eigenvalue weighted by Crippen LogP contribution is 2.23. The molecule has 0 aliphatic rings. The number of aryl methyl sites for hydroxylation is 1. The lowest BCUT2D eigenvalue weighted by Gasteiger charge is -2.13. The Kier molecular flexibility index (Phi) is 5.64. The molecule has 0 aliphatic carbocycles. The van der Waals surface area contributed by atoms with Gasteiger partial charge in [0.2, 0.25) is 0 Å².